The van der Waals surface area contributed by atoms with E-state index in [0.717, 1.165) is 0 Å². The van der Waals surface area contributed by atoms with Crippen molar-refractivity contribution in [2.45, 2.75) is 37.8 Å². The van der Waals surface area contributed by atoms with Crippen LogP contribution in [0.15, 0.2) is 60.7 Å². The number of amides is 1. The summed E-state index contributed by atoms with van der Waals surface area (Å²) in [4.78, 5) is 39.5. The van der Waals surface area contributed by atoms with Crippen molar-refractivity contribution in [2.24, 2.45) is 5.92 Å². The van der Waals surface area contributed by atoms with E-state index in [4.69, 9.17) is 9.47 Å². The lowest BCUT2D eigenvalue weighted by atomic mass is 9.97. The summed E-state index contributed by atoms with van der Waals surface area (Å²) in [6.45, 7) is 2.54. The molecule has 1 amide bonds. The van der Waals surface area contributed by atoms with E-state index in [1.54, 1.807) is 36.1 Å². The molecular formula is C26H30NO6P. The monoisotopic (exact) mass is 483 g/mol. The van der Waals surface area contributed by atoms with E-state index in [-0.39, 0.29) is 17.8 Å². The van der Waals surface area contributed by atoms with Gasteiger partial charge in [-0.3, -0.25) is 14.4 Å². The van der Waals surface area contributed by atoms with Crippen LogP contribution in [0.4, 0.5) is 0 Å². The van der Waals surface area contributed by atoms with Gasteiger partial charge in [0.05, 0.1) is 12.5 Å². The predicted octanol–water partition coefficient (Wildman–Crippen LogP) is 2.88. The molecule has 0 aromatic heterocycles. The molecule has 2 aromatic carbocycles. The first-order valence-corrected chi connectivity index (χ1v) is 13.5. The van der Waals surface area contributed by atoms with Gasteiger partial charge in [0.15, 0.2) is 13.7 Å². The molecule has 1 aliphatic heterocycles. The quantitative estimate of drug-likeness (QED) is 0.424. The SMILES string of the molecule is CCOC(=O)C1CCN(C(=O)COC(=O)C2(P(=O)(c3ccccc3)c3ccccc3)CC2)CC1. The van der Waals surface area contributed by atoms with Crippen molar-refractivity contribution in [3.05, 3.63) is 60.7 Å². The highest BCUT2D eigenvalue weighted by Gasteiger charge is 2.65. The third kappa shape index (κ3) is 4.54. The van der Waals surface area contributed by atoms with Gasteiger partial charge in [-0.2, -0.15) is 0 Å². The molecule has 0 N–H and O–H groups in total. The molecule has 0 bridgehead atoms. The molecule has 0 radical (unpaired) electrons. The highest BCUT2D eigenvalue weighted by Crippen LogP contribution is 2.68. The molecule has 1 heterocycles. The Labute approximate surface area is 199 Å². The number of piperidine rings is 1. The lowest BCUT2D eigenvalue weighted by Gasteiger charge is -2.31. The van der Waals surface area contributed by atoms with E-state index in [1.807, 2.05) is 36.4 Å². The number of carbonyl (C=O) groups excluding carboxylic acids is 3. The third-order valence-electron chi connectivity index (χ3n) is 6.74. The van der Waals surface area contributed by atoms with Crippen LogP contribution in [0.1, 0.15) is 32.6 Å². The van der Waals surface area contributed by atoms with Gasteiger partial charge in [0.1, 0.15) is 5.16 Å². The van der Waals surface area contributed by atoms with Crippen molar-refractivity contribution in [1.82, 2.24) is 4.90 Å². The largest absolute Gasteiger partial charge is 0.466 e. The molecule has 1 saturated heterocycles. The Bertz CT molecular complexity index is 1030. The van der Waals surface area contributed by atoms with Crippen molar-refractivity contribution >= 4 is 35.6 Å². The fourth-order valence-electron chi connectivity index (χ4n) is 4.66. The number of benzene rings is 2. The molecule has 2 aliphatic rings. The number of hydrogen-bond acceptors (Lipinski definition) is 6. The van der Waals surface area contributed by atoms with Crippen LogP contribution in [0.25, 0.3) is 0 Å². The summed E-state index contributed by atoms with van der Waals surface area (Å²) in [7, 11) is -3.34. The number of esters is 2. The fourth-order valence-corrected chi connectivity index (χ4v) is 8.20. The van der Waals surface area contributed by atoms with Gasteiger partial charge >= 0.3 is 11.9 Å². The molecule has 4 rings (SSSR count). The topological polar surface area (TPSA) is 90.0 Å². The summed E-state index contributed by atoms with van der Waals surface area (Å²) in [6, 6.07) is 18.1. The van der Waals surface area contributed by atoms with Crippen LogP contribution in [0.2, 0.25) is 0 Å². The van der Waals surface area contributed by atoms with Crippen LogP contribution < -0.4 is 10.6 Å². The molecule has 2 fully saturated rings. The molecule has 2 aromatic rings. The van der Waals surface area contributed by atoms with Crippen LogP contribution in [0.5, 0.6) is 0 Å². The van der Waals surface area contributed by atoms with Gasteiger partial charge in [-0.05, 0) is 32.6 Å². The molecule has 34 heavy (non-hydrogen) atoms. The Kier molecular flexibility index (Phi) is 7.22. The normalized spacial score (nSPS) is 17.6. The maximum atomic E-state index is 14.6. The second-order valence-electron chi connectivity index (χ2n) is 8.80. The summed E-state index contributed by atoms with van der Waals surface area (Å²) >= 11 is 0. The second kappa shape index (κ2) is 10.1. The smallest absolute Gasteiger partial charge is 0.320 e. The Balaban J connectivity index is 1.44. The fraction of sp³-hybridized carbons (Fsp3) is 0.423. The lowest BCUT2D eigenvalue weighted by molar-refractivity contribution is -0.155. The highest BCUT2D eigenvalue weighted by atomic mass is 31.2. The van der Waals surface area contributed by atoms with Gasteiger partial charge in [-0.1, -0.05) is 60.7 Å². The third-order valence-corrected chi connectivity index (χ3v) is 10.6. The van der Waals surface area contributed by atoms with Gasteiger partial charge in [-0.25, -0.2) is 0 Å². The first-order valence-electron chi connectivity index (χ1n) is 11.8. The maximum absolute atomic E-state index is 14.6. The van der Waals surface area contributed by atoms with E-state index in [9.17, 15) is 18.9 Å². The van der Waals surface area contributed by atoms with Gasteiger partial charge in [-0.15, -0.1) is 0 Å². The average molecular weight is 484 g/mol. The Hall–Kier alpha value is -2.92. The molecule has 0 spiro atoms. The number of rotatable bonds is 8. The van der Waals surface area contributed by atoms with Gasteiger partial charge in [0.25, 0.3) is 5.91 Å². The van der Waals surface area contributed by atoms with Crippen molar-refractivity contribution in [1.29, 1.82) is 0 Å². The van der Waals surface area contributed by atoms with Crippen LogP contribution in [-0.4, -0.2) is 54.2 Å². The molecule has 180 valence electrons. The van der Waals surface area contributed by atoms with E-state index in [1.165, 1.54) is 0 Å². The van der Waals surface area contributed by atoms with E-state index in [0.29, 0.717) is 56.0 Å². The van der Waals surface area contributed by atoms with Crippen LogP contribution in [0, 0.1) is 5.92 Å². The molecular weight excluding hydrogens is 453 g/mol. The highest BCUT2D eigenvalue weighted by molar-refractivity contribution is 7.81. The standard InChI is InChI=1S/C26H30NO6P/c1-2-32-24(29)20-13-17-27(18-14-20)23(28)19-33-25(30)26(15-16-26)34(31,21-9-5-3-6-10-21)22-11-7-4-8-12-22/h3-12,20H,2,13-19H2,1H3. The molecule has 1 saturated carbocycles. The Morgan fingerprint density at radius 2 is 1.44 bits per heavy atom. The van der Waals surface area contributed by atoms with Gasteiger partial charge in [0, 0.05) is 23.7 Å². The van der Waals surface area contributed by atoms with E-state index in [2.05, 4.69) is 0 Å². The minimum Gasteiger partial charge on any atom is -0.466 e. The minimum atomic E-state index is -3.34. The summed E-state index contributed by atoms with van der Waals surface area (Å²) in [6.07, 6.45) is 1.96. The number of ether oxygens (including phenoxy) is 2. The number of likely N-dealkylation sites (tertiary alicyclic amines) is 1. The molecule has 8 heteroatoms. The van der Waals surface area contributed by atoms with Crippen molar-refractivity contribution in [3.63, 3.8) is 0 Å². The van der Waals surface area contributed by atoms with E-state index >= 15 is 0 Å². The lowest BCUT2D eigenvalue weighted by Crippen LogP contribution is -2.43. The second-order valence-corrected chi connectivity index (χ2v) is 11.9. The van der Waals surface area contributed by atoms with Crippen molar-refractivity contribution in [3.8, 4) is 0 Å². The Morgan fingerprint density at radius 3 is 1.91 bits per heavy atom. The average Bonchev–Trinajstić information content (AvgIpc) is 3.70. The zero-order chi connectivity index (χ0) is 24.2. The number of carbonyl (C=O) groups is 3. The van der Waals surface area contributed by atoms with E-state index < -0.39 is 24.9 Å². The van der Waals surface area contributed by atoms with Crippen LogP contribution >= 0.6 is 7.14 Å². The van der Waals surface area contributed by atoms with Gasteiger partial charge < -0.3 is 18.9 Å². The zero-order valence-corrected chi connectivity index (χ0v) is 20.2. The summed E-state index contributed by atoms with van der Waals surface area (Å²) in [5.41, 5.74) is 0. The zero-order valence-electron chi connectivity index (χ0n) is 19.4. The molecule has 0 unspecified atom stereocenters. The molecule has 1 aliphatic carbocycles. The predicted molar refractivity (Wildman–Crippen MR) is 129 cm³/mol. The first-order chi connectivity index (χ1) is 16.4. The van der Waals surface area contributed by atoms with Crippen molar-refractivity contribution < 1.29 is 28.4 Å². The number of hydrogen-bond donors (Lipinski definition) is 0. The van der Waals surface area contributed by atoms with Crippen LogP contribution in [0.3, 0.4) is 0 Å². The Morgan fingerprint density at radius 1 is 0.912 bits per heavy atom. The summed E-state index contributed by atoms with van der Waals surface area (Å²) < 4.78 is 25.2. The van der Waals surface area contributed by atoms with Crippen LogP contribution in [-0.2, 0) is 28.4 Å². The summed E-state index contributed by atoms with van der Waals surface area (Å²) in [5.74, 6) is -1.32. The summed E-state index contributed by atoms with van der Waals surface area (Å²) in [5, 5.41) is 0.0819. The minimum absolute atomic E-state index is 0.205. The number of nitrogens with zero attached hydrogens (tertiary/aromatic N) is 1. The van der Waals surface area contributed by atoms with Gasteiger partial charge in [0.2, 0.25) is 0 Å². The van der Waals surface area contributed by atoms with Crippen molar-refractivity contribution in [2.75, 3.05) is 26.3 Å². The molecule has 0 atom stereocenters. The maximum Gasteiger partial charge on any atom is 0.320 e. The first kappa shape index (κ1) is 24.2. The molecule has 7 nitrogen and oxygen atoms in total.